The Kier molecular flexibility index (Phi) is 5.15. The highest BCUT2D eigenvalue weighted by molar-refractivity contribution is 5.76. The van der Waals surface area contributed by atoms with Gasteiger partial charge in [-0.1, -0.05) is 12.1 Å². The van der Waals surface area contributed by atoms with Crippen LogP contribution >= 0.6 is 0 Å². The fourth-order valence-electron chi connectivity index (χ4n) is 2.95. The van der Waals surface area contributed by atoms with Gasteiger partial charge in [0.05, 0.1) is 18.8 Å². The molecular formula is C17H25N5O. The molecule has 0 saturated carbocycles. The second-order valence-corrected chi connectivity index (χ2v) is 5.83. The van der Waals surface area contributed by atoms with Gasteiger partial charge < -0.3 is 20.7 Å². The number of nitrogens with one attached hydrogen (secondary N) is 1. The maximum absolute atomic E-state index is 5.80. The summed E-state index contributed by atoms with van der Waals surface area (Å²) in [5.74, 6) is 1.03. The molecule has 2 heterocycles. The molecule has 6 nitrogen and oxygen atoms in total. The molecule has 1 aromatic carbocycles. The smallest absolute Gasteiger partial charge is 0.152 e. The summed E-state index contributed by atoms with van der Waals surface area (Å²) >= 11 is 0. The molecule has 0 atom stereocenters. The van der Waals surface area contributed by atoms with E-state index in [0.717, 1.165) is 68.6 Å². The van der Waals surface area contributed by atoms with E-state index in [1.807, 2.05) is 30.5 Å². The number of ether oxygens (including phenoxy) is 1. The van der Waals surface area contributed by atoms with Crippen molar-refractivity contribution in [1.82, 2.24) is 15.1 Å². The van der Waals surface area contributed by atoms with E-state index in [1.54, 1.807) is 7.11 Å². The molecule has 0 spiro atoms. The Morgan fingerprint density at radius 3 is 2.61 bits per heavy atom. The van der Waals surface area contributed by atoms with Crippen LogP contribution in [0.4, 0.5) is 5.69 Å². The summed E-state index contributed by atoms with van der Waals surface area (Å²) in [5, 5.41) is 3.46. The lowest BCUT2D eigenvalue weighted by Gasteiger charge is -2.37. The van der Waals surface area contributed by atoms with Crippen LogP contribution in [0, 0.1) is 0 Å². The SMILES string of the molecule is COCCN1CCN(C2=C(c3ccc(N)cc3)NCC=N2)CC1. The molecule has 1 saturated heterocycles. The van der Waals surface area contributed by atoms with Crippen molar-refractivity contribution in [2.24, 2.45) is 4.99 Å². The largest absolute Gasteiger partial charge is 0.399 e. The normalized spacial score (nSPS) is 19.1. The molecule has 1 fully saturated rings. The lowest BCUT2D eigenvalue weighted by atomic mass is 10.1. The Morgan fingerprint density at radius 2 is 1.91 bits per heavy atom. The van der Waals surface area contributed by atoms with Crippen LogP contribution in [0.5, 0.6) is 0 Å². The number of hydrogen-bond acceptors (Lipinski definition) is 6. The first-order chi connectivity index (χ1) is 11.3. The summed E-state index contributed by atoms with van der Waals surface area (Å²) in [6.07, 6.45) is 1.94. The fourth-order valence-corrected chi connectivity index (χ4v) is 2.95. The second kappa shape index (κ2) is 7.48. The molecule has 3 N–H and O–H groups in total. The predicted octanol–water partition coefficient (Wildman–Crippen LogP) is 0.833. The van der Waals surface area contributed by atoms with E-state index >= 15 is 0 Å². The Balaban J connectivity index is 1.74. The zero-order chi connectivity index (χ0) is 16.1. The van der Waals surface area contributed by atoms with Crippen molar-refractivity contribution in [3.8, 4) is 0 Å². The molecule has 0 aliphatic carbocycles. The fraction of sp³-hybridized carbons (Fsp3) is 0.471. The number of benzene rings is 1. The number of rotatable bonds is 5. The molecule has 1 aromatic rings. The van der Waals surface area contributed by atoms with Gasteiger partial charge in [0.15, 0.2) is 5.82 Å². The zero-order valence-corrected chi connectivity index (χ0v) is 13.7. The van der Waals surface area contributed by atoms with Gasteiger partial charge in [-0.05, 0) is 12.1 Å². The molecule has 0 aromatic heterocycles. The van der Waals surface area contributed by atoms with Crippen LogP contribution in [0.1, 0.15) is 5.56 Å². The first-order valence-corrected chi connectivity index (χ1v) is 8.11. The Labute approximate surface area is 137 Å². The standard InChI is InChI=1S/C17H25N5O/c1-23-13-12-21-8-10-22(11-9-21)17-16(19-6-7-20-17)14-2-4-15(18)5-3-14/h2-5,7,19H,6,8-13,18H2,1H3. The number of hydrogen-bond donors (Lipinski definition) is 2. The van der Waals surface area contributed by atoms with E-state index in [4.69, 9.17) is 10.5 Å². The van der Waals surface area contributed by atoms with Gasteiger partial charge in [0.1, 0.15) is 0 Å². The van der Waals surface area contributed by atoms with Crippen LogP contribution in [-0.4, -0.2) is 69.0 Å². The van der Waals surface area contributed by atoms with E-state index in [2.05, 4.69) is 20.1 Å². The molecule has 0 radical (unpaired) electrons. The van der Waals surface area contributed by atoms with E-state index in [0.29, 0.717) is 0 Å². The molecule has 23 heavy (non-hydrogen) atoms. The van der Waals surface area contributed by atoms with Crippen LogP contribution in [-0.2, 0) is 4.74 Å². The highest BCUT2D eigenvalue weighted by Gasteiger charge is 2.22. The van der Waals surface area contributed by atoms with Gasteiger partial charge in [-0.3, -0.25) is 4.90 Å². The van der Waals surface area contributed by atoms with E-state index in [1.165, 1.54) is 0 Å². The zero-order valence-electron chi connectivity index (χ0n) is 13.7. The molecule has 3 rings (SSSR count). The van der Waals surface area contributed by atoms with Crippen LogP contribution in [0.15, 0.2) is 35.1 Å². The van der Waals surface area contributed by atoms with E-state index in [9.17, 15) is 0 Å². The molecule has 0 bridgehead atoms. The Morgan fingerprint density at radius 1 is 1.17 bits per heavy atom. The minimum atomic E-state index is 0.761. The van der Waals surface area contributed by atoms with E-state index < -0.39 is 0 Å². The van der Waals surface area contributed by atoms with Crippen molar-refractivity contribution >= 4 is 17.6 Å². The van der Waals surface area contributed by atoms with Crippen molar-refractivity contribution in [2.45, 2.75) is 0 Å². The van der Waals surface area contributed by atoms with Gasteiger partial charge in [-0.15, -0.1) is 0 Å². The van der Waals surface area contributed by atoms with Crippen LogP contribution in [0.3, 0.4) is 0 Å². The number of nitrogens with two attached hydrogens (primary N) is 1. The Bertz CT molecular complexity index is 573. The van der Waals surface area contributed by atoms with Gasteiger partial charge in [-0.25, -0.2) is 4.99 Å². The van der Waals surface area contributed by atoms with Crippen molar-refractivity contribution < 1.29 is 4.74 Å². The van der Waals surface area contributed by atoms with Gasteiger partial charge in [0.25, 0.3) is 0 Å². The van der Waals surface area contributed by atoms with Gasteiger partial charge in [0, 0.05) is 57.3 Å². The third-order valence-electron chi connectivity index (χ3n) is 4.29. The monoisotopic (exact) mass is 315 g/mol. The Hall–Kier alpha value is -2.05. The summed E-state index contributed by atoms with van der Waals surface area (Å²) in [7, 11) is 1.75. The minimum Gasteiger partial charge on any atom is -0.399 e. The number of nitrogens with zero attached hydrogens (tertiary/aromatic N) is 3. The van der Waals surface area contributed by atoms with Gasteiger partial charge in [0.2, 0.25) is 0 Å². The molecule has 6 heteroatoms. The number of anilines is 1. The highest BCUT2D eigenvalue weighted by atomic mass is 16.5. The molecule has 124 valence electrons. The topological polar surface area (TPSA) is 66.1 Å². The number of aliphatic imine (C=N–C) groups is 1. The minimum absolute atomic E-state index is 0.761. The third-order valence-corrected chi connectivity index (χ3v) is 4.29. The lowest BCUT2D eigenvalue weighted by Crippen LogP contribution is -2.47. The second-order valence-electron chi connectivity index (χ2n) is 5.83. The molecule has 2 aliphatic heterocycles. The predicted molar refractivity (Wildman–Crippen MR) is 94.2 cm³/mol. The lowest BCUT2D eigenvalue weighted by molar-refractivity contribution is 0.110. The average molecular weight is 315 g/mol. The maximum Gasteiger partial charge on any atom is 0.152 e. The van der Waals surface area contributed by atoms with Crippen LogP contribution in [0.2, 0.25) is 0 Å². The van der Waals surface area contributed by atoms with Crippen LogP contribution < -0.4 is 11.1 Å². The summed E-state index contributed by atoms with van der Waals surface area (Å²) in [6.45, 7) is 6.59. The summed E-state index contributed by atoms with van der Waals surface area (Å²) in [6, 6.07) is 7.96. The highest BCUT2D eigenvalue weighted by Crippen LogP contribution is 2.23. The summed E-state index contributed by atoms with van der Waals surface area (Å²) in [4.78, 5) is 9.46. The van der Waals surface area contributed by atoms with Crippen molar-refractivity contribution in [2.75, 3.05) is 58.7 Å². The first kappa shape index (κ1) is 15.8. The number of methoxy groups -OCH3 is 1. The summed E-state index contributed by atoms with van der Waals surface area (Å²) < 4.78 is 5.16. The van der Waals surface area contributed by atoms with Gasteiger partial charge >= 0.3 is 0 Å². The molecule has 2 aliphatic rings. The number of piperazine rings is 1. The number of nitrogen functional groups attached to an aromatic ring is 1. The average Bonchev–Trinajstić information content (AvgIpc) is 2.61. The van der Waals surface area contributed by atoms with Crippen LogP contribution in [0.25, 0.3) is 5.70 Å². The maximum atomic E-state index is 5.80. The van der Waals surface area contributed by atoms with Crippen molar-refractivity contribution in [3.63, 3.8) is 0 Å². The molecule has 0 amide bonds. The molecular weight excluding hydrogens is 290 g/mol. The summed E-state index contributed by atoms with van der Waals surface area (Å²) in [5.41, 5.74) is 8.80. The third kappa shape index (κ3) is 3.83. The van der Waals surface area contributed by atoms with Crippen molar-refractivity contribution in [1.29, 1.82) is 0 Å². The quantitative estimate of drug-likeness (QED) is 0.788. The first-order valence-electron chi connectivity index (χ1n) is 8.11. The molecule has 0 unspecified atom stereocenters. The van der Waals surface area contributed by atoms with Gasteiger partial charge in [-0.2, -0.15) is 0 Å². The van der Waals surface area contributed by atoms with Crippen molar-refractivity contribution in [3.05, 3.63) is 35.6 Å². The van der Waals surface area contributed by atoms with E-state index in [-0.39, 0.29) is 0 Å².